The molecule has 0 aliphatic carbocycles. The molecule has 0 heterocycles. The molecule has 0 aliphatic heterocycles. The molecule has 1 atom stereocenters. The molecule has 0 saturated carbocycles. The first-order chi connectivity index (χ1) is 10.3. The zero-order valence-electron chi connectivity index (χ0n) is 13.2. The predicted molar refractivity (Wildman–Crippen MR) is 87.3 cm³/mol. The number of hydrogen-bond donors (Lipinski definition) is 2. The number of phenolic OH excluding ortho intramolecular Hbond substituents is 1. The van der Waals surface area contributed by atoms with E-state index in [0.29, 0.717) is 0 Å². The van der Waals surface area contributed by atoms with Crippen LogP contribution in [0.15, 0.2) is 48.5 Å². The van der Waals surface area contributed by atoms with Crippen molar-refractivity contribution in [2.24, 2.45) is 0 Å². The molecule has 2 aromatic carbocycles. The molecule has 0 spiro atoms. The van der Waals surface area contributed by atoms with Crippen LogP contribution in [-0.4, -0.2) is 16.2 Å². The van der Waals surface area contributed by atoms with Crippen molar-refractivity contribution in [2.75, 3.05) is 0 Å². The summed E-state index contributed by atoms with van der Waals surface area (Å²) in [5.41, 5.74) is 3.15. The molecule has 2 aromatic rings. The zero-order valence-corrected chi connectivity index (χ0v) is 13.2. The summed E-state index contributed by atoms with van der Waals surface area (Å²) in [4.78, 5) is 11.2. The van der Waals surface area contributed by atoms with Gasteiger partial charge in [0.05, 0.1) is 6.42 Å². The van der Waals surface area contributed by atoms with E-state index in [0.717, 1.165) is 11.1 Å². The van der Waals surface area contributed by atoms with Crippen LogP contribution in [0.1, 0.15) is 49.8 Å². The van der Waals surface area contributed by atoms with Gasteiger partial charge in [-0.25, -0.2) is 0 Å². The van der Waals surface area contributed by atoms with Gasteiger partial charge in [-0.05, 0) is 34.2 Å². The molecule has 0 aliphatic rings. The molecule has 0 fully saturated rings. The van der Waals surface area contributed by atoms with Gasteiger partial charge in [0.25, 0.3) is 0 Å². The van der Waals surface area contributed by atoms with Gasteiger partial charge in [0, 0.05) is 5.92 Å². The van der Waals surface area contributed by atoms with Crippen molar-refractivity contribution < 1.29 is 15.0 Å². The molecule has 2 N–H and O–H groups in total. The van der Waals surface area contributed by atoms with E-state index in [2.05, 4.69) is 32.9 Å². The molecule has 2 rings (SSSR count). The molecule has 0 radical (unpaired) electrons. The van der Waals surface area contributed by atoms with Crippen molar-refractivity contribution >= 4 is 5.97 Å². The second-order valence-electron chi connectivity index (χ2n) is 6.61. The average Bonchev–Trinajstić information content (AvgIpc) is 2.45. The second kappa shape index (κ2) is 6.22. The number of hydrogen-bond acceptors (Lipinski definition) is 2. The lowest BCUT2D eigenvalue weighted by Gasteiger charge is -2.21. The highest BCUT2D eigenvalue weighted by Crippen LogP contribution is 2.31. The van der Waals surface area contributed by atoms with Crippen LogP contribution in [0, 0.1) is 0 Å². The Kier molecular flexibility index (Phi) is 4.55. The number of carboxylic acids is 1. The SMILES string of the molecule is CC(C)(C)c1ccc(C(CC(=O)O)c2ccc(O)cc2)cc1. The lowest BCUT2D eigenvalue weighted by molar-refractivity contribution is -0.137. The standard InChI is InChI=1S/C19H22O3/c1-19(2,3)15-8-4-13(5-9-15)17(12-18(21)22)14-6-10-16(20)11-7-14/h4-11,17,20H,12H2,1-3H3,(H,21,22). The first-order valence-corrected chi connectivity index (χ1v) is 7.38. The van der Waals surface area contributed by atoms with E-state index in [1.165, 1.54) is 5.56 Å². The Labute approximate surface area is 131 Å². The van der Waals surface area contributed by atoms with Crippen molar-refractivity contribution in [2.45, 2.75) is 38.5 Å². The van der Waals surface area contributed by atoms with Crippen LogP contribution in [0.5, 0.6) is 5.75 Å². The van der Waals surface area contributed by atoms with E-state index in [4.69, 9.17) is 0 Å². The molecule has 3 nitrogen and oxygen atoms in total. The summed E-state index contributed by atoms with van der Waals surface area (Å²) >= 11 is 0. The van der Waals surface area contributed by atoms with Crippen LogP contribution >= 0.6 is 0 Å². The maximum Gasteiger partial charge on any atom is 0.304 e. The van der Waals surface area contributed by atoms with Crippen molar-refractivity contribution in [3.05, 3.63) is 65.2 Å². The number of aromatic hydroxyl groups is 1. The number of carbonyl (C=O) groups is 1. The van der Waals surface area contributed by atoms with Gasteiger partial charge in [-0.2, -0.15) is 0 Å². The molecular formula is C19H22O3. The molecule has 22 heavy (non-hydrogen) atoms. The Balaban J connectivity index is 2.37. The summed E-state index contributed by atoms with van der Waals surface area (Å²) in [6, 6.07) is 14.9. The van der Waals surface area contributed by atoms with E-state index in [1.807, 2.05) is 12.1 Å². The van der Waals surface area contributed by atoms with Crippen LogP contribution in [0.3, 0.4) is 0 Å². The second-order valence-corrected chi connectivity index (χ2v) is 6.61. The van der Waals surface area contributed by atoms with E-state index in [1.54, 1.807) is 24.3 Å². The first kappa shape index (κ1) is 16.1. The fourth-order valence-electron chi connectivity index (χ4n) is 2.52. The Morgan fingerprint density at radius 1 is 0.955 bits per heavy atom. The zero-order chi connectivity index (χ0) is 16.3. The van der Waals surface area contributed by atoms with Gasteiger partial charge in [0.15, 0.2) is 0 Å². The molecule has 0 amide bonds. The van der Waals surface area contributed by atoms with Gasteiger partial charge in [-0.3, -0.25) is 4.79 Å². The van der Waals surface area contributed by atoms with Gasteiger partial charge >= 0.3 is 5.97 Å². The van der Waals surface area contributed by atoms with Crippen molar-refractivity contribution in [3.63, 3.8) is 0 Å². The smallest absolute Gasteiger partial charge is 0.304 e. The normalized spacial score (nSPS) is 12.9. The average molecular weight is 298 g/mol. The number of benzene rings is 2. The van der Waals surface area contributed by atoms with Crippen molar-refractivity contribution in [1.29, 1.82) is 0 Å². The van der Waals surface area contributed by atoms with Crippen LogP contribution < -0.4 is 0 Å². The lowest BCUT2D eigenvalue weighted by Crippen LogP contribution is -2.12. The summed E-state index contributed by atoms with van der Waals surface area (Å²) < 4.78 is 0. The van der Waals surface area contributed by atoms with Gasteiger partial charge in [0.2, 0.25) is 0 Å². The van der Waals surface area contributed by atoms with E-state index < -0.39 is 5.97 Å². The minimum atomic E-state index is -0.835. The fraction of sp³-hybridized carbons (Fsp3) is 0.316. The van der Waals surface area contributed by atoms with Crippen LogP contribution in [0.4, 0.5) is 0 Å². The van der Waals surface area contributed by atoms with Crippen LogP contribution in [0.25, 0.3) is 0 Å². The van der Waals surface area contributed by atoms with Gasteiger partial charge in [-0.15, -0.1) is 0 Å². The first-order valence-electron chi connectivity index (χ1n) is 7.38. The van der Waals surface area contributed by atoms with Gasteiger partial charge < -0.3 is 10.2 Å². The fourth-order valence-corrected chi connectivity index (χ4v) is 2.52. The molecule has 0 saturated heterocycles. The summed E-state index contributed by atoms with van der Waals surface area (Å²) in [6.07, 6.45) is 0.0274. The van der Waals surface area contributed by atoms with Crippen LogP contribution in [0.2, 0.25) is 0 Å². The summed E-state index contributed by atoms with van der Waals surface area (Å²) in [5.74, 6) is -0.869. The molecule has 0 bridgehead atoms. The van der Waals surface area contributed by atoms with E-state index >= 15 is 0 Å². The molecule has 0 aromatic heterocycles. The third-order valence-electron chi connectivity index (χ3n) is 3.85. The third kappa shape index (κ3) is 3.88. The molecule has 1 unspecified atom stereocenters. The largest absolute Gasteiger partial charge is 0.508 e. The summed E-state index contributed by atoms with van der Waals surface area (Å²) in [7, 11) is 0. The summed E-state index contributed by atoms with van der Waals surface area (Å²) in [6.45, 7) is 6.45. The van der Waals surface area contributed by atoms with E-state index in [9.17, 15) is 15.0 Å². The maximum atomic E-state index is 11.2. The number of rotatable bonds is 4. The van der Waals surface area contributed by atoms with Crippen molar-refractivity contribution in [1.82, 2.24) is 0 Å². The van der Waals surface area contributed by atoms with Gasteiger partial charge in [0.1, 0.15) is 5.75 Å². The number of phenols is 1. The lowest BCUT2D eigenvalue weighted by atomic mass is 9.83. The summed E-state index contributed by atoms with van der Waals surface area (Å²) in [5, 5.41) is 18.6. The quantitative estimate of drug-likeness (QED) is 0.885. The van der Waals surface area contributed by atoms with E-state index in [-0.39, 0.29) is 23.5 Å². The van der Waals surface area contributed by atoms with Gasteiger partial charge in [-0.1, -0.05) is 57.2 Å². The Morgan fingerprint density at radius 3 is 1.82 bits per heavy atom. The Bertz CT molecular complexity index is 634. The number of carboxylic acid groups (broad SMARTS) is 1. The molecule has 116 valence electrons. The number of aliphatic carboxylic acids is 1. The highest BCUT2D eigenvalue weighted by atomic mass is 16.4. The Hall–Kier alpha value is -2.29. The highest BCUT2D eigenvalue weighted by molar-refractivity contribution is 5.69. The minimum Gasteiger partial charge on any atom is -0.508 e. The van der Waals surface area contributed by atoms with Crippen LogP contribution in [-0.2, 0) is 10.2 Å². The highest BCUT2D eigenvalue weighted by Gasteiger charge is 2.19. The monoisotopic (exact) mass is 298 g/mol. The van der Waals surface area contributed by atoms with Crippen molar-refractivity contribution in [3.8, 4) is 5.75 Å². The Morgan fingerprint density at radius 2 is 1.41 bits per heavy atom. The molecule has 3 heteroatoms. The third-order valence-corrected chi connectivity index (χ3v) is 3.85. The molecular weight excluding hydrogens is 276 g/mol. The topological polar surface area (TPSA) is 57.5 Å². The minimum absolute atomic E-state index is 0.0274. The maximum absolute atomic E-state index is 11.2. The predicted octanol–water partition coefficient (Wildman–Crippen LogP) is 4.30.